The molecule has 0 spiro atoms. The molecular weight excluding hydrogens is 222 g/mol. The molecule has 0 aliphatic carbocycles. The number of aliphatic hydroxyl groups excluding tert-OH is 1. The van der Waals surface area contributed by atoms with Gasteiger partial charge in [0.15, 0.2) is 0 Å². The van der Waals surface area contributed by atoms with Crippen LogP contribution in [0.4, 0.5) is 5.82 Å². The second-order valence-corrected chi connectivity index (χ2v) is 3.68. The van der Waals surface area contributed by atoms with E-state index in [1.165, 1.54) is 6.92 Å². The lowest BCUT2D eigenvalue weighted by Crippen LogP contribution is -2.38. The van der Waals surface area contributed by atoms with Crippen molar-refractivity contribution in [2.75, 3.05) is 11.9 Å². The molecule has 17 heavy (non-hydrogen) atoms. The minimum absolute atomic E-state index is 0.0352. The number of carbonyl (C=O) groups excluding carboxylic acids is 2. The maximum atomic E-state index is 11.4. The average molecular weight is 237 g/mol. The molecule has 1 heterocycles. The molecule has 1 aromatic heterocycles. The number of aryl methyl sites for hydroxylation is 1. The summed E-state index contributed by atoms with van der Waals surface area (Å²) >= 11 is 0. The van der Waals surface area contributed by atoms with Gasteiger partial charge in [0.25, 0.3) is 0 Å². The van der Waals surface area contributed by atoms with Crippen LogP contribution in [0.2, 0.25) is 0 Å². The number of hydrogen-bond donors (Lipinski definition) is 3. The minimum Gasteiger partial charge on any atom is -0.392 e. The van der Waals surface area contributed by atoms with Crippen LogP contribution >= 0.6 is 0 Å². The Morgan fingerprint density at radius 2 is 2.12 bits per heavy atom. The molecule has 6 nitrogen and oxygen atoms in total. The maximum absolute atomic E-state index is 11.4. The number of amides is 2. The fourth-order valence-corrected chi connectivity index (χ4v) is 1.11. The van der Waals surface area contributed by atoms with Gasteiger partial charge in [0, 0.05) is 12.2 Å². The van der Waals surface area contributed by atoms with Crippen LogP contribution in [0, 0.1) is 6.92 Å². The summed E-state index contributed by atoms with van der Waals surface area (Å²) in [5.41, 5.74) is 0.743. The van der Waals surface area contributed by atoms with Gasteiger partial charge in [-0.25, -0.2) is 4.98 Å². The predicted molar refractivity (Wildman–Crippen MR) is 62.3 cm³/mol. The topological polar surface area (TPSA) is 91.3 Å². The van der Waals surface area contributed by atoms with E-state index < -0.39 is 17.9 Å². The van der Waals surface area contributed by atoms with Crippen molar-refractivity contribution in [3.05, 3.63) is 23.9 Å². The van der Waals surface area contributed by atoms with Crippen LogP contribution < -0.4 is 10.6 Å². The highest BCUT2D eigenvalue weighted by molar-refractivity contribution is 6.39. The van der Waals surface area contributed by atoms with E-state index in [2.05, 4.69) is 15.6 Å². The molecule has 0 aromatic carbocycles. The number of nitrogens with one attached hydrogen (secondary N) is 2. The first-order valence-electron chi connectivity index (χ1n) is 5.20. The first-order valence-corrected chi connectivity index (χ1v) is 5.20. The van der Waals surface area contributed by atoms with Gasteiger partial charge in [-0.05, 0) is 26.0 Å². The zero-order chi connectivity index (χ0) is 12.8. The van der Waals surface area contributed by atoms with Crippen LogP contribution in [0.3, 0.4) is 0 Å². The molecule has 92 valence electrons. The van der Waals surface area contributed by atoms with Crippen molar-refractivity contribution in [2.24, 2.45) is 0 Å². The van der Waals surface area contributed by atoms with E-state index in [1.54, 1.807) is 25.1 Å². The molecule has 2 amide bonds. The fraction of sp³-hybridized carbons (Fsp3) is 0.364. The third-order valence-electron chi connectivity index (χ3n) is 1.89. The van der Waals surface area contributed by atoms with Crippen LogP contribution in [0.1, 0.15) is 12.6 Å². The van der Waals surface area contributed by atoms with E-state index in [9.17, 15) is 9.59 Å². The molecule has 0 aliphatic rings. The van der Waals surface area contributed by atoms with E-state index >= 15 is 0 Å². The monoisotopic (exact) mass is 237 g/mol. The van der Waals surface area contributed by atoms with Gasteiger partial charge in [-0.2, -0.15) is 0 Å². The number of pyridine rings is 1. The van der Waals surface area contributed by atoms with Crippen molar-refractivity contribution in [1.29, 1.82) is 0 Å². The molecule has 0 radical (unpaired) electrons. The van der Waals surface area contributed by atoms with Crippen molar-refractivity contribution in [2.45, 2.75) is 20.0 Å². The molecule has 6 heteroatoms. The van der Waals surface area contributed by atoms with Crippen molar-refractivity contribution < 1.29 is 14.7 Å². The Morgan fingerprint density at radius 1 is 1.41 bits per heavy atom. The number of aliphatic hydroxyl groups is 1. The lowest BCUT2D eigenvalue weighted by Gasteiger charge is -2.07. The van der Waals surface area contributed by atoms with Crippen LogP contribution in [0.5, 0.6) is 0 Å². The lowest BCUT2D eigenvalue weighted by atomic mass is 10.3. The molecule has 0 bridgehead atoms. The van der Waals surface area contributed by atoms with Crippen LogP contribution in [-0.2, 0) is 9.59 Å². The summed E-state index contributed by atoms with van der Waals surface area (Å²) < 4.78 is 0. The maximum Gasteiger partial charge on any atom is 0.314 e. The largest absolute Gasteiger partial charge is 0.392 e. The Kier molecular flexibility index (Phi) is 4.59. The van der Waals surface area contributed by atoms with Gasteiger partial charge in [0.2, 0.25) is 0 Å². The van der Waals surface area contributed by atoms with Gasteiger partial charge < -0.3 is 15.7 Å². The smallest absolute Gasteiger partial charge is 0.314 e. The third kappa shape index (κ3) is 4.60. The number of aromatic nitrogens is 1. The summed E-state index contributed by atoms with van der Waals surface area (Å²) in [5, 5.41) is 13.6. The van der Waals surface area contributed by atoms with Crippen molar-refractivity contribution in [3.8, 4) is 0 Å². The Bertz CT molecular complexity index is 418. The first-order chi connectivity index (χ1) is 7.99. The summed E-state index contributed by atoms with van der Waals surface area (Å²) in [4.78, 5) is 26.7. The van der Waals surface area contributed by atoms with E-state index in [0.717, 1.165) is 5.69 Å². The summed E-state index contributed by atoms with van der Waals surface area (Å²) in [6, 6.07) is 5.10. The standard InChI is InChI=1S/C11H15N3O3/c1-7-4-3-5-9(13-7)14-11(17)10(16)12-6-8(2)15/h3-5,8,15H,6H2,1-2H3,(H,12,16)(H,13,14,17). The quantitative estimate of drug-likeness (QED) is 0.636. The first kappa shape index (κ1) is 13.1. The zero-order valence-electron chi connectivity index (χ0n) is 9.73. The van der Waals surface area contributed by atoms with E-state index in [-0.39, 0.29) is 6.54 Å². The number of nitrogens with zero attached hydrogens (tertiary/aromatic N) is 1. The molecule has 1 atom stereocenters. The van der Waals surface area contributed by atoms with Gasteiger partial charge in [-0.3, -0.25) is 9.59 Å². The van der Waals surface area contributed by atoms with Gasteiger partial charge in [0.05, 0.1) is 6.10 Å². The van der Waals surface area contributed by atoms with E-state index in [1.807, 2.05) is 0 Å². The fourth-order valence-electron chi connectivity index (χ4n) is 1.11. The molecule has 0 saturated carbocycles. The molecule has 0 fully saturated rings. The summed E-state index contributed by atoms with van der Waals surface area (Å²) in [5.74, 6) is -1.28. The highest BCUT2D eigenvalue weighted by Crippen LogP contribution is 2.03. The summed E-state index contributed by atoms with van der Waals surface area (Å²) in [6.45, 7) is 3.33. The van der Waals surface area contributed by atoms with Crippen molar-refractivity contribution >= 4 is 17.6 Å². The highest BCUT2D eigenvalue weighted by atomic mass is 16.3. The molecule has 1 aromatic rings. The van der Waals surface area contributed by atoms with Crippen molar-refractivity contribution in [3.63, 3.8) is 0 Å². The Balaban J connectivity index is 2.51. The molecule has 3 N–H and O–H groups in total. The second kappa shape index (κ2) is 5.95. The van der Waals surface area contributed by atoms with E-state index in [4.69, 9.17) is 5.11 Å². The molecular formula is C11H15N3O3. The number of rotatable bonds is 3. The predicted octanol–water partition coefficient (Wildman–Crippen LogP) is -0.174. The van der Waals surface area contributed by atoms with E-state index in [0.29, 0.717) is 5.82 Å². The van der Waals surface area contributed by atoms with Gasteiger partial charge in [0.1, 0.15) is 5.82 Å². The third-order valence-corrected chi connectivity index (χ3v) is 1.89. The number of carbonyl (C=O) groups is 2. The molecule has 1 rings (SSSR count). The minimum atomic E-state index is -0.802. The zero-order valence-corrected chi connectivity index (χ0v) is 9.73. The van der Waals surface area contributed by atoms with Gasteiger partial charge in [-0.1, -0.05) is 6.07 Å². The molecule has 0 saturated heterocycles. The Morgan fingerprint density at radius 3 is 2.71 bits per heavy atom. The highest BCUT2D eigenvalue weighted by Gasteiger charge is 2.14. The van der Waals surface area contributed by atoms with Crippen LogP contribution in [-0.4, -0.2) is 34.6 Å². The van der Waals surface area contributed by atoms with Gasteiger partial charge >= 0.3 is 11.8 Å². The second-order valence-electron chi connectivity index (χ2n) is 3.68. The summed E-state index contributed by atoms with van der Waals surface area (Å²) in [6.07, 6.45) is -0.691. The summed E-state index contributed by atoms with van der Waals surface area (Å²) in [7, 11) is 0. The SMILES string of the molecule is Cc1cccc(NC(=O)C(=O)NCC(C)O)n1. The lowest BCUT2D eigenvalue weighted by molar-refractivity contribution is -0.136. The number of hydrogen-bond acceptors (Lipinski definition) is 4. The Hall–Kier alpha value is -1.95. The van der Waals surface area contributed by atoms with Crippen LogP contribution in [0.25, 0.3) is 0 Å². The number of anilines is 1. The van der Waals surface area contributed by atoms with Crippen LogP contribution in [0.15, 0.2) is 18.2 Å². The average Bonchev–Trinajstić information content (AvgIpc) is 2.25. The molecule has 1 unspecified atom stereocenters. The van der Waals surface area contributed by atoms with Gasteiger partial charge in [-0.15, -0.1) is 0 Å². The van der Waals surface area contributed by atoms with Crippen molar-refractivity contribution in [1.82, 2.24) is 10.3 Å². The normalized spacial score (nSPS) is 11.7. The molecule has 0 aliphatic heterocycles. The Labute approximate surface area is 99.1 Å².